The van der Waals surface area contributed by atoms with Crippen LogP contribution in [-0.4, -0.2) is 19.5 Å². The number of hydrogen-bond donors (Lipinski definition) is 0. The van der Waals surface area contributed by atoms with E-state index in [0.717, 1.165) is 55.0 Å². The molecular formula is C45H28N4O. The van der Waals surface area contributed by atoms with E-state index in [-0.39, 0.29) is 29.7 Å². The van der Waals surface area contributed by atoms with E-state index in [9.17, 15) is 0 Å². The summed E-state index contributed by atoms with van der Waals surface area (Å²) in [6, 6.07) is 44.0. The molecule has 5 nitrogen and oxygen atoms in total. The first kappa shape index (κ1) is 23.5. The smallest absolute Gasteiger partial charge is 0.164 e. The fourth-order valence-corrected chi connectivity index (χ4v) is 6.82. The van der Waals surface area contributed by atoms with E-state index in [4.69, 9.17) is 26.2 Å². The van der Waals surface area contributed by atoms with Crippen LogP contribution in [0.4, 0.5) is 0 Å². The second-order valence-electron chi connectivity index (χ2n) is 12.1. The Morgan fingerprint density at radius 2 is 1.06 bits per heavy atom. The molecule has 0 fully saturated rings. The maximum atomic E-state index is 8.60. The lowest BCUT2D eigenvalue weighted by molar-refractivity contribution is 0.666. The third-order valence-corrected chi connectivity index (χ3v) is 9.14. The molecule has 10 rings (SSSR count). The molecule has 0 aliphatic heterocycles. The molecule has 0 saturated carbocycles. The maximum absolute atomic E-state index is 8.60. The third kappa shape index (κ3) is 4.60. The van der Waals surface area contributed by atoms with Crippen LogP contribution in [0, 0.1) is 0 Å². The Morgan fingerprint density at radius 3 is 1.80 bits per heavy atom. The molecule has 0 amide bonds. The molecule has 0 spiro atoms. The number of fused-ring (bicyclic) bond motifs is 6. The summed E-state index contributed by atoms with van der Waals surface area (Å²) in [6.07, 6.45) is 0. The predicted octanol–water partition coefficient (Wildman–Crippen LogP) is 11.5. The number of para-hydroxylation sites is 2. The minimum atomic E-state index is -0.412. The topological polar surface area (TPSA) is 56.7 Å². The van der Waals surface area contributed by atoms with Crippen LogP contribution < -0.4 is 0 Å². The molecule has 0 unspecified atom stereocenters. The Balaban J connectivity index is 1.15. The molecule has 0 radical (unpaired) electrons. The Morgan fingerprint density at radius 1 is 0.440 bits per heavy atom. The highest BCUT2D eigenvalue weighted by Gasteiger charge is 2.19. The van der Waals surface area contributed by atoms with Crippen LogP contribution in [0.5, 0.6) is 0 Å². The Labute approximate surface area is 294 Å². The highest BCUT2D eigenvalue weighted by atomic mass is 16.3. The van der Waals surface area contributed by atoms with Gasteiger partial charge in [0.25, 0.3) is 0 Å². The van der Waals surface area contributed by atoms with Crippen LogP contribution in [0.3, 0.4) is 0 Å². The van der Waals surface area contributed by atoms with Gasteiger partial charge in [0.15, 0.2) is 23.1 Å². The predicted molar refractivity (Wildman–Crippen MR) is 203 cm³/mol. The molecule has 0 aliphatic carbocycles. The van der Waals surface area contributed by atoms with Crippen LogP contribution in [0.2, 0.25) is 0 Å². The second kappa shape index (κ2) is 11.4. The lowest BCUT2D eigenvalue weighted by Gasteiger charge is -2.09. The molecule has 0 saturated heterocycles. The van der Waals surface area contributed by atoms with Gasteiger partial charge in [0, 0.05) is 38.2 Å². The molecule has 0 N–H and O–H groups in total. The van der Waals surface area contributed by atoms with E-state index in [1.165, 1.54) is 0 Å². The molecular weight excluding hydrogens is 613 g/mol. The second-order valence-corrected chi connectivity index (χ2v) is 12.1. The lowest BCUT2D eigenvalue weighted by atomic mass is 10.0. The van der Waals surface area contributed by atoms with Gasteiger partial charge in [-0.15, -0.1) is 0 Å². The lowest BCUT2D eigenvalue weighted by Crippen LogP contribution is -2.00. The maximum Gasteiger partial charge on any atom is 0.164 e. The van der Waals surface area contributed by atoms with Crippen LogP contribution >= 0.6 is 0 Å². The zero-order valence-electron chi connectivity index (χ0n) is 31.5. The zero-order chi connectivity index (χ0) is 37.4. The third-order valence-electron chi connectivity index (χ3n) is 9.14. The zero-order valence-corrected chi connectivity index (χ0v) is 26.5. The summed E-state index contributed by atoms with van der Waals surface area (Å²) in [5.41, 5.74) is 7.36. The van der Waals surface area contributed by atoms with Gasteiger partial charge < -0.3 is 8.98 Å². The number of hydrogen-bond acceptors (Lipinski definition) is 4. The van der Waals surface area contributed by atoms with Crippen LogP contribution in [0.15, 0.2) is 174 Å². The summed E-state index contributed by atoms with van der Waals surface area (Å²) in [4.78, 5) is 14.7. The van der Waals surface area contributed by atoms with Gasteiger partial charge in [-0.1, -0.05) is 133 Å². The van der Waals surface area contributed by atoms with Crippen LogP contribution in [-0.2, 0) is 0 Å². The Bertz CT molecular complexity index is 3070. The van der Waals surface area contributed by atoms with Crippen molar-refractivity contribution in [1.29, 1.82) is 0 Å². The highest BCUT2D eigenvalue weighted by Crippen LogP contribution is 2.40. The number of furan rings is 1. The molecule has 3 heterocycles. The van der Waals surface area contributed by atoms with Crippen molar-refractivity contribution in [1.82, 2.24) is 19.5 Å². The molecule has 50 heavy (non-hydrogen) atoms. The molecule has 5 heteroatoms. The van der Waals surface area contributed by atoms with E-state index in [2.05, 4.69) is 16.7 Å². The Hall–Kier alpha value is -6.85. The van der Waals surface area contributed by atoms with E-state index in [0.29, 0.717) is 34.2 Å². The van der Waals surface area contributed by atoms with Crippen molar-refractivity contribution in [2.24, 2.45) is 0 Å². The SMILES string of the molecule is [2H]c1c([2H])c([2H])c(-c2ccc3c(c2)c2ccccc2n3-c2cccc3c2oc2cc(-c4nc(-c5ccccc5)nc(-c5ccccc5)n4)ccc23)c([2H])c1[2H]. The molecule has 3 aromatic heterocycles. The molecule has 0 bridgehead atoms. The fraction of sp³-hybridized carbons (Fsp3) is 0. The summed E-state index contributed by atoms with van der Waals surface area (Å²) in [6.45, 7) is 0. The van der Waals surface area contributed by atoms with Gasteiger partial charge in [0.2, 0.25) is 0 Å². The molecule has 0 aliphatic rings. The van der Waals surface area contributed by atoms with Crippen molar-refractivity contribution in [3.8, 4) is 51.0 Å². The van der Waals surface area contributed by atoms with Gasteiger partial charge in [-0.05, 0) is 47.5 Å². The first-order chi connectivity index (χ1) is 26.9. The highest BCUT2D eigenvalue weighted by molar-refractivity contribution is 6.13. The van der Waals surface area contributed by atoms with Crippen molar-refractivity contribution in [3.63, 3.8) is 0 Å². The van der Waals surface area contributed by atoms with Crippen molar-refractivity contribution >= 4 is 43.7 Å². The Kier molecular flexibility index (Phi) is 5.35. The summed E-state index contributed by atoms with van der Waals surface area (Å²) in [5.74, 6) is 1.70. The van der Waals surface area contributed by atoms with Gasteiger partial charge in [-0.25, -0.2) is 15.0 Å². The van der Waals surface area contributed by atoms with Crippen molar-refractivity contribution in [3.05, 3.63) is 170 Å². The van der Waals surface area contributed by atoms with Crippen molar-refractivity contribution < 1.29 is 11.3 Å². The first-order valence-electron chi connectivity index (χ1n) is 18.8. The van der Waals surface area contributed by atoms with E-state index in [1.807, 2.05) is 127 Å². The van der Waals surface area contributed by atoms with E-state index >= 15 is 0 Å². The standard InChI is InChI=1S/C45H28N4O/c1-4-13-29(14-5-1)32-24-26-39-37(27-32)34-19-10-11-21-38(34)49(39)40-22-12-20-36-35-25-23-33(28-41(35)50-42(36)40)45-47-43(30-15-6-2-7-16-30)46-44(48-45)31-17-8-3-9-18-31/h1-28H/i1D,4D,5D,13D,14D. The quantitative estimate of drug-likeness (QED) is 0.187. The fourth-order valence-electron chi connectivity index (χ4n) is 6.82. The average Bonchev–Trinajstić information content (AvgIpc) is 3.78. The minimum absolute atomic E-state index is 0.171. The van der Waals surface area contributed by atoms with Gasteiger partial charge in [0.1, 0.15) is 5.58 Å². The van der Waals surface area contributed by atoms with Crippen LogP contribution in [0.1, 0.15) is 6.85 Å². The minimum Gasteiger partial charge on any atom is -0.454 e. The summed E-state index contributed by atoms with van der Waals surface area (Å²) < 4.78 is 50.6. The van der Waals surface area contributed by atoms with Crippen molar-refractivity contribution in [2.75, 3.05) is 0 Å². The van der Waals surface area contributed by atoms with E-state index < -0.39 is 6.04 Å². The van der Waals surface area contributed by atoms with E-state index in [1.54, 1.807) is 0 Å². The molecule has 0 atom stereocenters. The van der Waals surface area contributed by atoms with Gasteiger partial charge in [0.05, 0.1) is 23.6 Å². The first-order valence-corrected chi connectivity index (χ1v) is 16.3. The summed E-state index contributed by atoms with van der Waals surface area (Å²) in [5, 5.41) is 3.74. The average molecular weight is 646 g/mol. The van der Waals surface area contributed by atoms with Crippen LogP contribution in [0.25, 0.3) is 94.7 Å². The molecule has 7 aromatic carbocycles. The normalized spacial score (nSPS) is 13.0. The monoisotopic (exact) mass is 645 g/mol. The summed E-state index contributed by atoms with van der Waals surface area (Å²) >= 11 is 0. The number of aromatic nitrogens is 4. The molecule has 10 aromatic rings. The van der Waals surface area contributed by atoms with Crippen molar-refractivity contribution in [2.45, 2.75) is 0 Å². The number of benzene rings is 7. The summed E-state index contributed by atoms with van der Waals surface area (Å²) in [7, 11) is 0. The van der Waals surface area contributed by atoms with Gasteiger partial charge >= 0.3 is 0 Å². The van der Waals surface area contributed by atoms with Gasteiger partial charge in [-0.3, -0.25) is 0 Å². The number of rotatable bonds is 5. The number of nitrogens with zero attached hydrogens (tertiary/aromatic N) is 4. The largest absolute Gasteiger partial charge is 0.454 e. The van der Waals surface area contributed by atoms with Gasteiger partial charge in [-0.2, -0.15) is 0 Å². The molecule has 234 valence electrons.